The molecular formula is C13H18BrN3O2S. The Morgan fingerprint density at radius 1 is 1.60 bits per heavy atom. The van der Waals surface area contributed by atoms with Gasteiger partial charge in [-0.05, 0) is 47.3 Å². The van der Waals surface area contributed by atoms with Gasteiger partial charge in [-0.25, -0.2) is 0 Å². The number of amides is 1. The molecular weight excluding hydrogens is 342 g/mol. The van der Waals surface area contributed by atoms with Crippen LogP contribution in [0.4, 0.5) is 0 Å². The second-order valence-electron chi connectivity index (χ2n) is 5.03. The van der Waals surface area contributed by atoms with Gasteiger partial charge < -0.3 is 15.8 Å². The van der Waals surface area contributed by atoms with Gasteiger partial charge in [0.15, 0.2) is 5.84 Å². The van der Waals surface area contributed by atoms with Gasteiger partial charge in [-0.15, -0.1) is 11.3 Å². The number of hydrogen-bond donors (Lipinski definition) is 2. The minimum Gasteiger partial charge on any atom is -0.409 e. The number of thiophene rings is 1. The zero-order chi connectivity index (χ0) is 14.7. The Bertz CT molecular complexity index is 504. The molecule has 0 bridgehead atoms. The van der Waals surface area contributed by atoms with E-state index in [1.165, 1.54) is 11.3 Å². The van der Waals surface area contributed by atoms with E-state index in [1.54, 1.807) is 4.90 Å². The minimum absolute atomic E-state index is 0.0395. The molecule has 0 unspecified atom stereocenters. The van der Waals surface area contributed by atoms with Crippen LogP contribution in [0.1, 0.15) is 40.9 Å². The highest BCUT2D eigenvalue weighted by Crippen LogP contribution is 2.30. The van der Waals surface area contributed by atoms with Crippen LogP contribution in [-0.4, -0.2) is 34.4 Å². The second kappa shape index (κ2) is 6.58. The van der Waals surface area contributed by atoms with E-state index < -0.39 is 0 Å². The molecule has 1 saturated carbocycles. The molecule has 5 nitrogen and oxygen atoms in total. The first kappa shape index (κ1) is 15.3. The van der Waals surface area contributed by atoms with Crippen LogP contribution in [0.2, 0.25) is 0 Å². The Morgan fingerprint density at radius 3 is 2.75 bits per heavy atom. The van der Waals surface area contributed by atoms with Crippen molar-refractivity contribution in [3.05, 3.63) is 20.3 Å². The first-order chi connectivity index (χ1) is 9.52. The molecule has 7 heteroatoms. The van der Waals surface area contributed by atoms with Crippen LogP contribution in [0.25, 0.3) is 0 Å². The van der Waals surface area contributed by atoms with Crippen molar-refractivity contribution in [3.8, 4) is 0 Å². The number of rotatable bonds is 4. The van der Waals surface area contributed by atoms with Crippen molar-refractivity contribution in [1.29, 1.82) is 0 Å². The van der Waals surface area contributed by atoms with Gasteiger partial charge in [-0.3, -0.25) is 4.79 Å². The molecule has 0 spiro atoms. The fourth-order valence-electron chi connectivity index (χ4n) is 2.50. The monoisotopic (exact) mass is 359 g/mol. The number of nitrogens with zero attached hydrogens (tertiary/aromatic N) is 2. The number of nitrogens with two attached hydrogens (primary N) is 1. The topological polar surface area (TPSA) is 78.9 Å². The molecule has 0 saturated heterocycles. The van der Waals surface area contributed by atoms with Crippen molar-refractivity contribution in [2.45, 2.75) is 38.6 Å². The first-order valence-corrected chi connectivity index (χ1v) is 8.17. The molecule has 0 radical (unpaired) electrons. The quantitative estimate of drug-likeness (QED) is 0.375. The average molecular weight is 360 g/mol. The summed E-state index contributed by atoms with van der Waals surface area (Å²) in [6.45, 7) is 2.13. The Kier molecular flexibility index (Phi) is 5.04. The molecule has 1 amide bonds. The van der Waals surface area contributed by atoms with Gasteiger partial charge >= 0.3 is 0 Å². The SMILES string of the molecule is Cc1cc(C(=O)N(C/C(N)=N/O)C2CCCC2)sc1Br. The van der Waals surface area contributed by atoms with Crippen LogP contribution in [0.3, 0.4) is 0 Å². The van der Waals surface area contributed by atoms with Crippen LogP contribution < -0.4 is 5.73 Å². The lowest BCUT2D eigenvalue weighted by Crippen LogP contribution is -2.44. The number of aryl methyl sites for hydroxylation is 1. The fourth-order valence-corrected chi connectivity index (χ4v) is 3.99. The van der Waals surface area contributed by atoms with Gasteiger partial charge in [0.05, 0.1) is 15.2 Å². The number of halogens is 1. The van der Waals surface area contributed by atoms with Crippen molar-refractivity contribution < 1.29 is 10.0 Å². The third-order valence-electron chi connectivity index (χ3n) is 3.56. The van der Waals surface area contributed by atoms with Crippen LogP contribution >= 0.6 is 27.3 Å². The summed E-state index contributed by atoms with van der Waals surface area (Å²) in [7, 11) is 0. The van der Waals surface area contributed by atoms with Crippen molar-refractivity contribution in [3.63, 3.8) is 0 Å². The maximum absolute atomic E-state index is 12.7. The molecule has 110 valence electrons. The molecule has 1 aromatic rings. The van der Waals surface area contributed by atoms with Gasteiger partial charge in [0.1, 0.15) is 0 Å². The molecule has 1 fully saturated rings. The predicted octanol–water partition coefficient (Wildman–Crippen LogP) is 2.95. The summed E-state index contributed by atoms with van der Waals surface area (Å²) in [4.78, 5) is 15.1. The Labute approximate surface area is 130 Å². The third kappa shape index (κ3) is 3.32. The molecule has 2 rings (SSSR count). The summed E-state index contributed by atoms with van der Waals surface area (Å²) in [5.74, 6) is 0.0277. The number of amidine groups is 1. The van der Waals surface area contributed by atoms with Gasteiger partial charge in [-0.2, -0.15) is 0 Å². The van der Waals surface area contributed by atoms with Crippen LogP contribution in [0.15, 0.2) is 15.0 Å². The highest BCUT2D eigenvalue weighted by molar-refractivity contribution is 9.11. The van der Waals surface area contributed by atoms with E-state index in [9.17, 15) is 4.79 Å². The Balaban J connectivity index is 2.22. The summed E-state index contributed by atoms with van der Waals surface area (Å²) in [5, 5.41) is 11.7. The van der Waals surface area contributed by atoms with E-state index in [4.69, 9.17) is 10.9 Å². The fraction of sp³-hybridized carbons (Fsp3) is 0.538. The van der Waals surface area contributed by atoms with Crippen LogP contribution in [0, 0.1) is 6.92 Å². The lowest BCUT2D eigenvalue weighted by Gasteiger charge is -2.28. The lowest BCUT2D eigenvalue weighted by molar-refractivity contribution is 0.0717. The van der Waals surface area contributed by atoms with Crippen molar-refractivity contribution >= 4 is 39.0 Å². The van der Waals surface area contributed by atoms with Crippen LogP contribution in [0.5, 0.6) is 0 Å². The van der Waals surface area contributed by atoms with Gasteiger partial charge in [0.25, 0.3) is 5.91 Å². The summed E-state index contributed by atoms with van der Waals surface area (Å²) >= 11 is 4.87. The van der Waals surface area contributed by atoms with E-state index >= 15 is 0 Å². The Morgan fingerprint density at radius 2 is 2.25 bits per heavy atom. The zero-order valence-electron chi connectivity index (χ0n) is 11.3. The highest BCUT2D eigenvalue weighted by Gasteiger charge is 2.29. The molecule has 20 heavy (non-hydrogen) atoms. The second-order valence-corrected chi connectivity index (χ2v) is 7.40. The third-order valence-corrected chi connectivity index (χ3v) is 5.68. The summed E-state index contributed by atoms with van der Waals surface area (Å²) < 4.78 is 0.969. The number of carbonyl (C=O) groups is 1. The zero-order valence-corrected chi connectivity index (χ0v) is 13.7. The first-order valence-electron chi connectivity index (χ1n) is 6.56. The largest absolute Gasteiger partial charge is 0.409 e. The minimum atomic E-state index is -0.0395. The van der Waals surface area contributed by atoms with Crippen LogP contribution in [-0.2, 0) is 0 Å². The van der Waals surface area contributed by atoms with Gasteiger partial charge in [0, 0.05) is 6.04 Å². The molecule has 0 atom stereocenters. The van der Waals surface area contributed by atoms with E-state index in [-0.39, 0.29) is 24.3 Å². The number of oxime groups is 1. The maximum Gasteiger partial charge on any atom is 0.264 e. The average Bonchev–Trinajstić information content (AvgIpc) is 3.06. The molecule has 1 heterocycles. The summed E-state index contributed by atoms with van der Waals surface area (Å²) in [6.07, 6.45) is 4.21. The van der Waals surface area contributed by atoms with Crippen molar-refractivity contribution in [2.75, 3.05) is 6.54 Å². The standard InChI is InChI=1S/C13H18BrN3O2S/c1-8-6-10(20-12(8)14)13(18)17(7-11(15)16-19)9-4-2-3-5-9/h6,9,19H,2-5,7H2,1H3,(H2,15,16). The lowest BCUT2D eigenvalue weighted by atomic mass is 10.2. The number of carbonyl (C=O) groups excluding carboxylic acids is 1. The Hall–Kier alpha value is -1.08. The molecule has 0 aliphatic heterocycles. The molecule has 1 aliphatic rings. The van der Waals surface area contributed by atoms with E-state index in [0.717, 1.165) is 35.0 Å². The van der Waals surface area contributed by atoms with Gasteiger partial charge in [0.2, 0.25) is 0 Å². The molecule has 3 N–H and O–H groups in total. The van der Waals surface area contributed by atoms with E-state index in [1.807, 2.05) is 13.0 Å². The normalized spacial score (nSPS) is 16.6. The maximum atomic E-state index is 12.7. The van der Waals surface area contributed by atoms with Gasteiger partial charge in [-0.1, -0.05) is 18.0 Å². The van der Waals surface area contributed by atoms with Crippen molar-refractivity contribution in [2.24, 2.45) is 10.9 Å². The summed E-state index contributed by atoms with van der Waals surface area (Å²) in [5.41, 5.74) is 6.64. The van der Waals surface area contributed by atoms with E-state index in [2.05, 4.69) is 21.1 Å². The molecule has 0 aromatic carbocycles. The predicted molar refractivity (Wildman–Crippen MR) is 83.5 cm³/mol. The highest BCUT2D eigenvalue weighted by atomic mass is 79.9. The molecule has 1 aliphatic carbocycles. The number of hydrogen-bond acceptors (Lipinski definition) is 4. The smallest absolute Gasteiger partial charge is 0.264 e. The molecule has 1 aromatic heterocycles. The summed E-state index contributed by atoms with van der Waals surface area (Å²) in [6, 6.07) is 2.06. The van der Waals surface area contributed by atoms with E-state index in [0.29, 0.717) is 4.88 Å². The van der Waals surface area contributed by atoms with Crippen molar-refractivity contribution in [1.82, 2.24) is 4.90 Å².